The number of pyridine rings is 1. The summed E-state index contributed by atoms with van der Waals surface area (Å²) in [6, 6.07) is 5.85. The summed E-state index contributed by atoms with van der Waals surface area (Å²) in [5.74, 6) is 0.509. The number of hydrogen-bond donors (Lipinski definition) is 1. The lowest BCUT2D eigenvalue weighted by atomic mass is 10.3. The summed E-state index contributed by atoms with van der Waals surface area (Å²) in [5, 5.41) is 8.96. The Bertz CT molecular complexity index is 626. The number of aromatic nitrogens is 3. The van der Waals surface area contributed by atoms with E-state index in [1.54, 1.807) is 12.4 Å². The van der Waals surface area contributed by atoms with Crippen LogP contribution >= 0.6 is 0 Å². The molecule has 2 aromatic heterocycles. The number of anilines is 2. The molecule has 0 radical (unpaired) electrons. The first-order valence-electron chi connectivity index (χ1n) is 6.70. The van der Waals surface area contributed by atoms with Gasteiger partial charge in [0.15, 0.2) is 5.69 Å². The molecule has 0 saturated carbocycles. The molecule has 7 heteroatoms. The second-order valence-electron chi connectivity index (χ2n) is 4.73. The number of carboxylic acid groups (broad SMARTS) is 1. The van der Waals surface area contributed by atoms with Gasteiger partial charge in [0.2, 0.25) is 0 Å². The first-order chi connectivity index (χ1) is 10.2. The third kappa shape index (κ3) is 2.91. The maximum absolute atomic E-state index is 10.9. The van der Waals surface area contributed by atoms with Crippen molar-refractivity contribution in [2.75, 3.05) is 36.0 Å². The van der Waals surface area contributed by atoms with Crippen LogP contribution in [0.15, 0.2) is 36.8 Å². The van der Waals surface area contributed by atoms with E-state index in [9.17, 15) is 4.79 Å². The molecule has 0 amide bonds. The fourth-order valence-corrected chi connectivity index (χ4v) is 2.32. The van der Waals surface area contributed by atoms with Crippen LogP contribution < -0.4 is 9.80 Å². The van der Waals surface area contributed by atoms with E-state index < -0.39 is 5.97 Å². The Balaban J connectivity index is 1.68. The molecule has 3 rings (SSSR count). The van der Waals surface area contributed by atoms with Crippen molar-refractivity contribution in [1.29, 1.82) is 0 Å². The number of rotatable bonds is 3. The van der Waals surface area contributed by atoms with Gasteiger partial charge < -0.3 is 14.9 Å². The van der Waals surface area contributed by atoms with Crippen molar-refractivity contribution in [3.05, 3.63) is 42.5 Å². The number of carbonyl (C=O) groups is 1. The average Bonchev–Trinajstić information content (AvgIpc) is 2.56. The molecule has 1 aliphatic rings. The first-order valence-corrected chi connectivity index (χ1v) is 6.70. The zero-order valence-corrected chi connectivity index (χ0v) is 11.4. The number of carboxylic acids is 1. The molecule has 0 bridgehead atoms. The Kier molecular flexibility index (Phi) is 3.63. The highest BCUT2D eigenvalue weighted by atomic mass is 16.4. The average molecular weight is 285 g/mol. The normalized spacial score (nSPS) is 15.0. The van der Waals surface area contributed by atoms with Gasteiger partial charge in [-0.3, -0.25) is 4.98 Å². The molecule has 1 saturated heterocycles. The van der Waals surface area contributed by atoms with Crippen LogP contribution in [0.5, 0.6) is 0 Å². The predicted molar refractivity (Wildman–Crippen MR) is 77.7 cm³/mol. The summed E-state index contributed by atoms with van der Waals surface area (Å²) in [7, 11) is 0. The fraction of sp³-hybridized carbons (Fsp3) is 0.286. The van der Waals surface area contributed by atoms with Crippen LogP contribution in [0.2, 0.25) is 0 Å². The van der Waals surface area contributed by atoms with Crippen molar-refractivity contribution in [2.24, 2.45) is 0 Å². The first kappa shape index (κ1) is 13.3. The Labute approximate surface area is 121 Å². The molecule has 7 nitrogen and oxygen atoms in total. The molecule has 0 unspecified atom stereocenters. The Hall–Kier alpha value is -2.70. The van der Waals surface area contributed by atoms with Gasteiger partial charge >= 0.3 is 5.97 Å². The van der Waals surface area contributed by atoms with Crippen molar-refractivity contribution in [3.63, 3.8) is 0 Å². The van der Waals surface area contributed by atoms with E-state index in [1.807, 2.05) is 23.1 Å². The molecular weight excluding hydrogens is 270 g/mol. The van der Waals surface area contributed by atoms with Gasteiger partial charge in [0.1, 0.15) is 11.6 Å². The SMILES string of the molecule is O=C(O)c1cncc(N2CCN(c3ccccn3)CC2)n1. The van der Waals surface area contributed by atoms with Crippen molar-refractivity contribution in [3.8, 4) is 0 Å². The van der Waals surface area contributed by atoms with Crippen molar-refractivity contribution >= 4 is 17.6 Å². The molecular formula is C14H15N5O2. The molecule has 0 aliphatic carbocycles. The highest BCUT2D eigenvalue weighted by Crippen LogP contribution is 2.16. The maximum Gasteiger partial charge on any atom is 0.356 e. The molecule has 0 atom stereocenters. The molecule has 1 fully saturated rings. The van der Waals surface area contributed by atoms with E-state index in [0.717, 1.165) is 32.0 Å². The van der Waals surface area contributed by atoms with Gasteiger partial charge in [0.05, 0.1) is 12.4 Å². The largest absolute Gasteiger partial charge is 0.476 e. The molecule has 2 aromatic rings. The summed E-state index contributed by atoms with van der Waals surface area (Å²) in [5.41, 5.74) is -0.0281. The van der Waals surface area contributed by atoms with Crippen molar-refractivity contribution in [1.82, 2.24) is 15.0 Å². The van der Waals surface area contributed by atoms with E-state index in [4.69, 9.17) is 5.11 Å². The third-order valence-electron chi connectivity index (χ3n) is 3.42. The highest BCUT2D eigenvalue weighted by molar-refractivity contribution is 5.85. The minimum Gasteiger partial charge on any atom is -0.476 e. The van der Waals surface area contributed by atoms with Crippen molar-refractivity contribution < 1.29 is 9.90 Å². The maximum atomic E-state index is 10.9. The van der Waals surface area contributed by atoms with E-state index in [0.29, 0.717) is 5.82 Å². The Morgan fingerprint density at radius 3 is 2.38 bits per heavy atom. The lowest BCUT2D eigenvalue weighted by molar-refractivity contribution is 0.0690. The molecule has 1 N–H and O–H groups in total. The molecule has 1 aliphatic heterocycles. The van der Waals surface area contributed by atoms with Crippen molar-refractivity contribution in [2.45, 2.75) is 0 Å². The van der Waals surface area contributed by atoms with Crippen LogP contribution in [0.1, 0.15) is 10.5 Å². The molecule has 108 valence electrons. The van der Waals surface area contributed by atoms with Crippen LogP contribution in [0.3, 0.4) is 0 Å². The van der Waals surface area contributed by atoms with E-state index in [2.05, 4.69) is 19.9 Å². The molecule has 21 heavy (non-hydrogen) atoms. The van der Waals surface area contributed by atoms with Gasteiger partial charge in [0.25, 0.3) is 0 Å². The highest BCUT2D eigenvalue weighted by Gasteiger charge is 2.20. The number of hydrogen-bond acceptors (Lipinski definition) is 6. The van der Waals surface area contributed by atoms with Crippen LogP contribution in [0.25, 0.3) is 0 Å². The summed E-state index contributed by atoms with van der Waals surface area (Å²) in [6.07, 6.45) is 4.64. The number of aromatic carboxylic acids is 1. The lowest BCUT2D eigenvalue weighted by Gasteiger charge is -2.35. The standard InChI is InChI=1S/C14H15N5O2/c20-14(21)11-9-15-10-13(17-11)19-7-5-18(6-8-19)12-3-1-2-4-16-12/h1-4,9-10H,5-8H2,(H,20,21). The minimum absolute atomic E-state index is 0.0281. The quantitative estimate of drug-likeness (QED) is 0.897. The van der Waals surface area contributed by atoms with Crippen LogP contribution in [-0.2, 0) is 0 Å². The number of piperazine rings is 1. The van der Waals surface area contributed by atoms with Gasteiger partial charge in [-0.2, -0.15) is 0 Å². The topological polar surface area (TPSA) is 82.5 Å². The smallest absolute Gasteiger partial charge is 0.356 e. The summed E-state index contributed by atoms with van der Waals surface area (Å²) >= 11 is 0. The predicted octanol–water partition coefficient (Wildman–Crippen LogP) is 0.896. The van der Waals surface area contributed by atoms with E-state index >= 15 is 0 Å². The van der Waals surface area contributed by atoms with Gasteiger partial charge in [-0.15, -0.1) is 0 Å². The monoisotopic (exact) mass is 285 g/mol. The Morgan fingerprint density at radius 1 is 1.05 bits per heavy atom. The van der Waals surface area contributed by atoms with Gasteiger partial charge in [-0.05, 0) is 12.1 Å². The van der Waals surface area contributed by atoms with Crippen LogP contribution in [0.4, 0.5) is 11.6 Å². The van der Waals surface area contributed by atoms with Gasteiger partial charge in [-0.25, -0.2) is 14.8 Å². The zero-order valence-electron chi connectivity index (χ0n) is 11.4. The zero-order chi connectivity index (χ0) is 14.7. The minimum atomic E-state index is -1.06. The van der Waals surface area contributed by atoms with E-state index in [1.165, 1.54) is 6.20 Å². The van der Waals surface area contributed by atoms with Crippen LogP contribution in [0, 0.1) is 0 Å². The second kappa shape index (κ2) is 5.74. The van der Waals surface area contributed by atoms with Crippen LogP contribution in [-0.4, -0.2) is 52.2 Å². The molecule has 0 aromatic carbocycles. The van der Waals surface area contributed by atoms with E-state index in [-0.39, 0.29) is 5.69 Å². The second-order valence-corrected chi connectivity index (χ2v) is 4.73. The summed E-state index contributed by atoms with van der Waals surface area (Å²) < 4.78 is 0. The summed E-state index contributed by atoms with van der Waals surface area (Å²) in [6.45, 7) is 3.15. The molecule has 0 spiro atoms. The summed E-state index contributed by atoms with van der Waals surface area (Å²) in [4.78, 5) is 27.6. The Morgan fingerprint density at radius 2 is 1.76 bits per heavy atom. The lowest BCUT2D eigenvalue weighted by Crippen LogP contribution is -2.47. The van der Waals surface area contributed by atoms with Gasteiger partial charge in [0, 0.05) is 32.4 Å². The van der Waals surface area contributed by atoms with Gasteiger partial charge in [-0.1, -0.05) is 6.07 Å². The number of nitrogens with zero attached hydrogens (tertiary/aromatic N) is 5. The third-order valence-corrected chi connectivity index (χ3v) is 3.42. The molecule has 3 heterocycles. The fourth-order valence-electron chi connectivity index (χ4n) is 2.32.